The lowest BCUT2D eigenvalue weighted by atomic mass is 9.78. The maximum atomic E-state index is 14.3. The molecule has 0 unspecified atom stereocenters. The summed E-state index contributed by atoms with van der Waals surface area (Å²) in [6.07, 6.45) is 4.10. The summed E-state index contributed by atoms with van der Waals surface area (Å²) in [7, 11) is 0. The fourth-order valence-electron chi connectivity index (χ4n) is 6.36. The number of carboxylic acid groups (broad SMARTS) is 1. The van der Waals surface area contributed by atoms with Gasteiger partial charge in [-0.2, -0.15) is 0 Å². The van der Waals surface area contributed by atoms with Gasteiger partial charge in [0.15, 0.2) is 6.04 Å². The Bertz CT molecular complexity index is 1740. The molecule has 0 fully saturated rings. The summed E-state index contributed by atoms with van der Waals surface area (Å²) >= 11 is 3.33. The highest BCUT2D eigenvalue weighted by molar-refractivity contribution is 7.98. The van der Waals surface area contributed by atoms with E-state index < -0.39 is 17.6 Å². The summed E-state index contributed by atoms with van der Waals surface area (Å²) in [5.74, 6) is 0.0156. The first-order valence-corrected chi connectivity index (χ1v) is 17.1. The minimum absolute atomic E-state index is 0.423. The Balaban J connectivity index is 1.71. The molecule has 1 aliphatic rings. The van der Waals surface area contributed by atoms with Crippen LogP contribution in [0.1, 0.15) is 33.9 Å². The Kier molecular flexibility index (Phi) is 8.91. The molecule has 0 aromatic heterocycles. The lowest BCUT2D eigenvalue weighted by Crippen LogP contribution is -2.53. The van der Waals surface area contributed by atoms with E-state index >= 15 is 0 Å². The monoisotopic (exact) mass is 615 g/mol. The SMILES string of the molecule is CSc1ccc([C@H]2[N+](Cc3ccccc3)=C(c3ccccc3)N(Cc3ccccc3)[C@]2(C(=O)O)c2ccc(SC)cc2)cc1. The maximum Gasteiger partial charge on any atom is 0.362 e. The van der Waals surface area contributed by atoms with Crippen LogP contribution in [0.25, 0.3) is 0 Å². The van der Waals surface area contributed by atoms with E-state index in [0.717, 1.165) is 43.4 Å². The normalized spacial score (nSPS) is 18.0. The third-order valence-electron chi connectivity index (χ3n) is 8.36. The van der Waals surface area contributed by atoms with Crippen molar-refractivity contribution in [3.05, 3.63) is 167 Å². The van der Waals surface area contributed by atoms with Crippen molar-refractivity contribution in [2.24, 2.45) is 0 Å². The van der Waals surface area contributed by atoms with Crippen LogP contribution in [-0.2, 0) is 23.4 Å². The number of carboxylic acids is 1. The second-order valence-electron chi connectivity index (χ2n) is 10.9. The number of hydrogen-bond acceptors (Lipinski definition) is 4. The Labute approximate surface area is 268 Å². The second-order valence-corrected chi connectivity index (χ2v) is 12.6. The average molecular weight is 616 g/mol. The van der Waals surface area contributed by atoms with E-state index in [0.29, 0.717) is 13.1 Å². The van der Waals surface area contributed by atoms with Gasteiger partial charge in [-0.25, -0.2) is 14.3 Å². The van der Waals surface area contributed by atoms with Gasteiger partial charge >= 0.3 is 5.97 Å². The van der Waals surface area contributed by atoms with Gasteiger partial charge in [0.2, 0.25) is 0 Å². The molecule has 0 bridgehead atoms. The van der Waals surface area contributed by atoms with Gasteiger partial charge in [0.1, 0.15) is 13.1 Å². The molecule has 6 rings (SSSR count). The fourth-order valence-corrected chi connectivity index (χ4v) is 7.18. The molecule has 0 saturated heterocycles. The number of thioether (sulfide) groups is 2. The molecule has 5 aromatic carbocycles. The molecule has 0 aliphatic carbocycles. The zero-order valence-corrected chi connectivity index (χ0v) is 26.5. The number of carbonyl (C=O) groups is 1. The molecule has 0 amide bonds. The first-order valence-electron chi connectivity index (χ1n) is 14.6. The molecular formula is C38H35N2O2S2+. The predicted octanol–water partition coefficient (Wildman–Crippen LogP) is 8.33. The summed E-state index contributed by atoms with van der Waals surface area (Å²) in [5.41, 5.74) is 3.42. The van der Waals surface area contributed by atoms with Crippen molar-refractivity contribution in [1.29, 1.82) is 0 Å². The Morgan fingerprint density at radius 3 is 1.73 bits per heavy atom. The van der Waals surface area contributed by atoms with Gasteiger partial charge in [0.05, 0.1) is 5.56 Å². The summed E-state index contributed by atoms with van der Waals surface area (Å²) < 4.78 is 2.32. The minimum Gasteiger partial charge on any atom is -0.477 e. The van der Waals surface area contributed by atoms with Crippen molar-refractivity contribution in [1.82, 2.24) is 4.90 Å². The molecule has 1 aliphatic heterocycles. The van der Waals surface area contributed by atoms with Gasteiger partial charge in [-0.1, -0.05) is 103 Å². The lowest BCUT2D eigenvalue weighted by molar-refractivity contribution is -0.586. The van der Waals surface area contributed by atoms with Crippen LogP contribution in [0.4, 0.5) is 0 Å². The van der Waals surface area contributed by atoms with E-state index in [2.05, 4.69) is 76.4 Å². The van der Waals surface area contributed by atoms with E-state index in [1.165, 1.54) is 0 Å². The highest BCUT2D eigenvalue weighted by Gasteiger charge is 2.67. The average Bonchev–Trinajstić information content (AvgIpc) is 3.36. The van der Waals surface area contributed by atoms with E-state index in [4.69, 9.17) is 0 Å². The van der Waals surface area contributed by atoms with Crippen LogP contribution in [0.5, 0.6) is 0 Å². The minimum atomic E-state index is -1.44. The van der Waals surface area contributed by atoms with Crippen molar-refractivity contribution in [3.63, 3.8) is 0 Å². The van der Waals surface area contributed by atoms with Gasteiger partial charge in [0.25, 0.3) is 11.4 Å². The van der Waals surface area contributed by atoms with Gasteiger partial charge < -0.3 is 5.11 Å². The number of benzene rings is 5. The van der Waals surface area contributed by atoms with Crippen LogP contribution in [-0.4, -0.2) is 38.9 Å². The van der Waals surface area contributed by atoms with Crippen LogP contribution < -0.4 is 0 Å². The largest absolute Gasteiger partial charge is 0.477 e. The van der Waals surface area contributed by atoms with Crippen LogP contribution >= 0.6 is 23.5 Å². The highest BCUT2D eigenvalue weighted by Crippen LogP contribution is 2.50. The zero-order valence-electron chi connectivity index (χ0n) is 24.8. The molecule has 0 spiro atoms. The van der Waals surface area contributed by atoms with Crippen molar-refractivity contribution in [2.75, 3.05) is 12.5 Å². The Hall–Kier alpha value is -4.26. The smallest absolute Gasteiger partial charge is 0.362 e. The van der Waals surface area contributed by atoms with Gasteiger partial charge in [0, 0.05) is 20.9 Å². The first-order chi connectivity index (χ1) is 21.6. The summed E-state index contributed by atoms with van der Waals surface area (Å²) in [6, 6.07) is 46.8. The van der Waals surface area contributed by atoms with Crippen LogP contribution in [0, 0.1) is 0 Å². The van der Waals surface area contributed by atoms with Crippen LogP contribution in [0.3, 0.4) is 0 Å². The van der Waals surface area contributed by atoms with Crippen molar-refractivity contribution < 1.29 is 14.5 Å². The Morgan fingerprint density at radius 1 is 0.705 bits per heavy atom. The molecular weight excluding hydrogens is 581 g/mol. The van der Waals surface area contributed by atoms with E-state index in [1.807, 2.05) is 85.1 Å². The maximum absolute atomic E-state index is 14.3. The topological polar surface area (TPSA) is 43.5 Å². The number of nitrogens with zero attached hydrogens (tertiary/aromatic N) is 2. The molecule has 5 aromatic rings. The van der Waals surface area contributed by atoms with Crippen molar-refractivity contribution in [3.8, 4) is 0 Å². The summed E-state index contributed by atoms with van der Waals surface area (Å²) in [4.78, 5) is 18.6. The number of amidine groups is 1. The van der Waals surface area contributed by atoms with Crippen LogP contribution in [0.15, 0.2) is 149 Å². The zero-order chi connectivity index (χ0) is 30.5. The molecule has 220 valence electrons. The second kappa shape index (κ2) is 13.2. The molecule has 6 heteroatoms. The number of rotatable bonds is 10. The quantitative estimate of drug-likeness (QED) is 0.126. The van der Waals surface area contributed by atoms with Crippen molar-refractivity contribution >= 4 is 35.3 Å². The van der Waals surface area contributed by atoms with Gasteiger partial charge in [-0.3, -0.25) is 0 Å². The number of hydrogen-bond donors (Lipinski definition) is 1. The molecule has 1 heterocycles. The lowest BCUT2D eigenvalue weighted by Gasteiger charge is -2.35. The van der Waals surface area contributed by atoms with E-state index in [1.54, 1.807) is 23.5 Å². The molecule has 4 nitrogen and oxygen atoms in total. The van der Waals surface area contributed by atoms with Gasteiger partial charge in [-0.05, 0) is 60.0 Å². The first kappa shape index (κ1) is 29.8. The predicted molar refractivity (Wildman–Crippen MR) is 181 cm³/mol. The molecule has 0 radical (unpaired) electrons. The highest BCUT2D eigenvalue weighted by atomic mass is 32.2. The number of aliphatic carboxylic acids is 1. The van der Waals surface area contributed by atoms with Gasteiger partial charge in [-0.15, -0.1) is 23.5 Å². The van der Waals surface area contributed by atoms with E-state index in [9.17, 15) is 9.90 Å². The third kappa shape index (κ3) is 5.56. The van der Waals surface area contributed by atoms with Crippen LogP contribution in [0.2, 0.25) is 0 Å². The summed E-state index contributed by atoms with van der Waals surface area (Å²) in [6.45, 7) is 0.968. The molecule has 0 saturated carbocycles. The summed E-state index contributed by atoms with van der Waals surface area (Å²) in [5, 5.41) is 11.7. The standard InChI is InChI=1S/C38H34N2O2S2/c1-43-33-22-18-30(19-23-33)35-38(37(41)42,32-20-24-34(44-2)25-21-32)40(27-29-14-8-4-9-15-29)36(31-16-10-5-11-17-31)39(35)26-28-12-6-3-7-13-28/h3-25,35H,26-27H2,1-2H3/p+1/t35-,38-/m1/s1. The van der Waals surface area contributed by atoms with E-state index in [-0.39, 0.29) is 0 Å². The third-order valence-corrected chi connectivity index (χ3v) is 9.85. The fraction of sp³-hybridized carbons (Fsp3) is 0.158. The van der Waals surface area contributed by atoms with Crippen molar-refractivity contribution in [2.45, 2.75) is 34.5 Å². The molecule has 2 atom stereocenters. The molecule has 44 heavy (non-hydrogen) atoms. The molecule has 1 N–H and O–H groups in total. The Morgan fingerprint density at radius 2 is 1.20 bits per heavy atom.